The highest BCUT2D eigenvalue weighted by Gasteiger charge is 2.34. The van der Waals surface area contributed by atoms with Gasteiger partial charge in [-0.1, -0.05) is 29.8 Å². The number of carbonyl (C=O) groups is 3. The third kappa shape index (κ3) is 5.09. The van der Waals surface area contributed by atoms with Crippen molar-refractivity contribution in [3.05, 3.63) is 35.4 Å². The maximum absolute atomic E-state index is 12.5. The van der Waals surface area contributed by atoms with Crippen LogP contribution in [0.5, 0.6) is 0 Å². The summed E-state index contributed by atoms with van der Waals surface area (Å²) in [6.07, 6.45) is 1.75. The third-order valence-corrected chi connectivity index (χ3v) is 3.85. The Morgan fingerprint density at radius 2 is 1.87 bits per heavy atom. The van der Waals surface area contributed by atoms with Gasteiger partial charge in [0.15, 0.2) is 0 Å². The molecule has 6 nitrogen and oxygen atoms in total. The average Bonchev–Trinajstić information content (AvgIpc) is 3.28. The molecular formula is C17H22N2O4. The minimum atomic E-state index is -1.02. The Morgan fingerprint density at radius 1 is 1.26 bits per heavy atom. The molecule has 1 saturated carbocycles. The van der Waals surface area contributed by atoms with Crippen LogP contribution in [-0.2, 0) is 14.4 Å². The van der Waals surface area contributed by atoms with E-state index in [0.717, 1.165) is 24.0 Å². The van der Waals surface area contributed by atoms with Crippen molar-refractivity contribution in [1.29, 1.82) is 0 Å². The number of aryl methyl sites for hydroxylation is 1. The standard InChI is InChI=1S/C17H22N2O4/c1-11-3-5-13(6-4-11)15(18-12(2)20)9-16(21)19(10-17(22)23)14-7-8-14/h3-6,14-15H,7-10H2,1-2H3,(H,18,20)(H,22,23). The summed E-state index contributed by atoms with van der Waals surface area (Å²) in [7, 11) is 0. The smallest absolute Gasteiger partial charge is 0.323 e. The molecule has 1 aliphatic rings. The molecule has 0 spiro atoms. The largest absolute Gasteiger partial charge is 0.480 e. The lowest BCUT2D eigenvalue weighted by Gasteiger charge is -2.24. The van der Waals surface area contributed by atoms with Gasteiger partial charge in [-0.3, -0.25) is 14.4 Å². The van der Waals surface area contributed by atoms with Crippen LogP contribution >= 0.6 is 0 Å². The fourth-order valence-electron chi connectivity index (χ4n) is 2.54. The molecule has 1 aromatic carbocycles. The van der Waals surface area contributed by atoms with Gasteiger partial charge < -0.3 is 15.3 Å². The van der Waals surface area contributed by atoms with E-state index in [2.05, 4.69) is 5.32 Å². The molecule has 0 saturated heterocycles. The van der Waals surface area contributed by atoms with E-state index in [1.807, 2.05) is 31.2 Å². The van der Waals surface area contributed by atoms with Gasteiger partial charge >= 0.3 is 5.97 Å². The van der Waals surface area contributed by atoms with Gasteiger partial charge in [0.1, 0.15) is 6.54 Å². The van der Waals surface area contributed by atoms with Crippen LogP contribution in [0.15, 0.2) is 24.3 Å². The maximum atomic E-state index is 12.5. The van der Waals surface area contributed by atoms with Crippen molar-refractivity contribution in [1.82, 2.24) is 10.2 Å². The van der Waals surface area contributed by atoms with Gasteiger partial charge in [-0.05, 0) is 25.3 Å². The van der Waals surface area contributed by atoms with Crippen LogP contribution < -0.4 is 5.32 Å². The average molecular weight is 318 g/mol. The zero-order chi connectivity index (χ0) is 17.0. The molecular weight excluding hydrogens is 296 g/mol. The zero-order valence-corrected chi connectivity index (χ0v) is 13.4. The van der Waals surface area contributed by atoms with Gasteiger partial charge in [0.05, 0.1) is 12.5 Å². The summed E-state index contributed by atoms with van der Waals surface area (Å²) in [4.78, 5) is 36.3. The van der Waals surface area contributed by atoms with Gasteiger partial charge in [-0.25, -0.2) is 0 Å². The number of rotatable bonds is 7. The Balaban J connectivity index is 2.12. The first-order chi connectivity index (χ1) is 10.9. The zero-order valence-electron chi connectivity index (χ0n) is 13.4. The number of hydrogen-bond donors (Lipinski definition) is 2. The number of carboxylic acid groups (broad SMARTS) is 1. The molecule has 0 aromatic heterocycles. The summed E-state index contributed by atoms with van der Waals surface area (Å²) in [5, 5.41) is 11.8. The van der Waals surface area contributed by atoms with Crippen molar-refractivity contribution in [2.45, 2.75) is 45.2 Å². The normalized spacial score (nSPS) is 14.9. The highest BCUT2D eigenvalue weighted by atomic mass is 16.4. The van der Waals surface area contributed by atoms with Crippen LogP contribution in [0.3, 0.4) is 0 Å². The predicted molar refractivity (Wildman–Crippen MR) is 84.7 cm³/mol. The maximum Gasteiger partial charge on any atom is 0.323 e. The molecule has 2 N–H and O–H groups in total. The second-order valence-corrected chi connectivity index (χ2v) is 6.01. The Bertz CT molecular complexity index is 593. The molecule has 1 fully saturated rings. The predicted octanol–water partition coefficient (Wildman–Crippen LogP) is 1.64. The van der Waals surface area contributed by atoms with E-state index >= 15 is 0 Å². The van der Waals surface area contributed by atoms with Crippen molar-refractivity contribution >= 4 is 17.8 Å². The molecule has 0 aliphatic heterocycles. The Morgan fingerprint density at radius 3 is 2.35 bits per heavy atom. The van der Waals surface area contributed by atoms with E-state index in [4.69, 9.17) is 5.11 Å². The highest BCUT2D eigenvalue weighted by molar-refractivity contribution is 5.83. The summed E-state index contributed by atoms with van der Waals surface area (Å²) in [5.41, 5.74) is 1.93. The highest BCUT2D eigenvalue weighted by Crippen LogP contribution is 2.29. The Hall–Kier alpha value is -2.37. The van der Waals surface area contributed by atoms with Crippen molar-refractivity contribution in [2.75, 3.05) is 6.54 Å². The molecule has 2 amide bonds. The number of carboxylic acids is 1. The lowest BCUT2D eigenvalue weighted by atomic mass is 10.0. The number of nitrogens with one attached hydrogen (secondary N) is 1. The molecule has 1 unspecified atom stereocenters. The Kier molecular flexibility index (Phi) is 5.36. The van der Waals surface area contributed by atoms with E-state index in [1.165, 1.54) is 11.8 Å². The molecule has 0 heterocycles. The monoisotopic (exact) mass is 318 g/mol. The number of aliphatic carboxylic acids is 1. The van der Waals surface area contributed by atoms with Gasteiger partial charge in [-0.15, -0.1) is 0 Å². The number of nitrogens with zero attached hydrogens (tertiary/aromatic N) is 1. The van der Waals surface area contributed by atoms with Gasteiger partial charge in [-0.2, -0.15) is 0 Å². The van der Waals surface area contributed by atoms with Crippen molar-refractivity contribution in [3.8, 4) is 0 Å². The first kappa shape index (κ1) is 17.0. The topological polar surface area (TPSA) is 86.7 Å². The van der Waals surface area contributed by atoms with Crippen LogP contribution in [-0.4, -0.2) is 40.4 Å². The lowest BCUT2D eigenvalue weighted by molar-refractivity contribution is -0.145. The lowest BCUT2D eigenvalue weighted by Crippen LogP contribution is -2.40. The minimum Gasteiger partial charge on any atom is -0.480 e. The SMILES string of the molecule is CC(=O)NC(CC(=O)N(CC(=O)O)C1CC1)c1ccc(C)cc1. The number of amides is 2. The van der Waals surface area contributed by atoms with Crippen LogP contribution in [0.4, 0.5) is 0 Å². The van der Waals surface area contributed by atoms with Crippen molar-refractivity contribution in [3.63, 3.8) is 0 Å². The fraction of sp³-hybridized carbons (Fsp3) is 0.471. The minimum absolute atomic E-state index is 0.0228. The summed E-state index contributed by atoms with van der Waals surface area (Å²) in [5.74, 6) is -1.48. The molecule has 1 aliphatic carbocycles. The summed E-state index contributed by atoms with van der Waals surface area (Å²) >= 11 is 0. The fourth-order valence-corrected chi connectivity index (χ4v) is 2.54. The van der Waals surface area contributed by atoms with E-state index < -0.39 is 12.0 Å². The van der Waals surface area contributed by atoms with E-state index in [-0.39, 0.29) is 30.8 Å². The number of benzene rings is 1. The third-order valence-electron chi connectivity index (χ3n) is 3.85. The molecule has 124 valence electrons. The van der Waals surface area contributed by atoms with E-state index in [9.17, 15) is 14.4 Å². The van der Waals surface area contributed by atoms with Crippen LogP contribution in [0, 0.1) is 6.92 Å². The quantitative estimate of drug-likeness (QED) is 0.800. The number of carbonyl (C=O) groups excluding carboxylic acids is 2. The van der Waals surface area contributed by atoms with Gasteiger partial charge in [0, 0.05) is 13.0 Å². The van der Waals surface area contributed by atoms with Crippen molar-refractivity contribution < 1.29 is 19.5 Å². The molecule has 23 heavy (non-hydrogen) atoms. The second kappa shape index (κ2) is 7.26. The molecule has 0 radical (unpaired) electrons. The molecule has 2 rings (SSSR count). The van der Waals surface area contributed by atoms with Crippen LogP contribution in [0.25, 0.3) is 0 Å². The van der Waals surface area contributed by atoms with Crippen LogP contribution in [0.1, 0.15) is 43.4 Å². The first-order valence-corrected chi connectivity index (χ1v) is 7.71. The molecule has 1 atom stereocenters. The van der Waals surface area contributed by atoms with Gasteiger partial charge in [0.25, 0.3) is 0 Å². The van der Waals surface area contributed by atoms with Crippen molar-refractivity contribution in [2.24, 2.45) is 0 Å². The first-order valence-electron chi connectivity index (χ1n) is 7.71. The molecule has 0 bridgehead atoms. The summed E-state index contributed by atoms with van der Waals surface area (Å²) in [6, 6.07) is 7.17. The summed E-state index contributed by atoms with van der Waals surface area (Å²) in [6.45, 7) is 3.08. The van der Waals surface area contributed by atoms with E-state index in [1.54, 1.807) is 0 Å². The summed E-state index contributed by atoms with van der Waals surface area (Å²) < 4.78 is 0. The van der Waals surface area contributed by atoms with Gasteiger partial charge in [0.2, 0.25) is 11.8 Å². The van der Waals surface area contributed by atoms with Crippen LogP contribution in [0.2, 0.25) is 0 Å². The van der Waals surface area contributed by atoms with E-state index in [0.29, 0.717) is 0 Å². The Labute approximate surface area is 135 Å². The second-order valence-electron chi connectivity index (χ2n) is 6.01. The molecule has 1 aromatic rings. The number of hydrogen-bond acceptors (Lipinski definition) is 3. The molecule has 6 heteroatoms.